The van der Waals surface area contributed by atoms with E-state index in [9.17, 15) is 9.59 Å². The second-order valence-corrected chi connectivity index (χ2v) is 3.72. The van der Waals surface area contributed by atoms with Crippen molar-refractivity contribution in [3.05, 3.63) is 29.8 Å². The van der Waals surface area contributed by atoms with Crippen molar-refractivity contribution in [1.29, 1.82) is 0 Å². The van der Waals surface area contributed by atoms with E-state index in [0.717, 1.165) is 5.56 Å². The number of benzene rings is 1. The van der Waals surface area contributed by atoms with E-state index in [-0.39, 0.29) is 18.5 Å². The van der Waals surface area contributed by atoms with E-state index < -0.39 is 0 Å². The smallest absolute Gasteiger partial charge is 0.308 e. The van der Waals surface area contributed by atoms with Gasteiger partial charge >= 0.3 is 5.97 Å². The van der Waals surface area contributed by atoms with E-state index in [2.05, 4.69) is 5.32 Å². The Morgan fingerprint density at radius 1 is 1.38 bits per heavy atom. The summed E-state index contributed by atoms with van der Waals surface area (Å²) in [6.45, 7) is 3.84. The molecule has 0 aromatic heterocycles. The zero-order valence-electron chi connectivity index (χ0n) is 9.40. The molecule has 1 aromatic rings. The van der Waals surface area contributed by atoms with Crippen LogP contribution in [0, 0.1) is 5.92 Å². The Kier molecular flexibility index (Phi) is 4.51. The summed E-state index contributed by atoms with van der Waals surface area (Å²) < 4.78 is 5.06. The zero-order valence-corrected chi connectivity index (χ0v) is 9.40. The second-order valence-electron chi connectivity index (χ2n) is 3.72. The number of amides is 1. The summed E-state index contributed by atoms with van der Waals surface area (Å²) >= 11 is 0. The number of hydrogen-bond donors (Lipinski definition) is 1. The Balaban J connectivity index is 2.49. The number of ether oxygens (including phenoxy) is 1. The van der Waals surface area contributed by atoms with Crippen LogP contribution in [0.15, 0.2) is 24.3 Å². The lowest BCUT2D eigenvalue weighted by molar-refractivity contribution is -0.148. The summed E-state index contributed by atoms with van der Waals surface area (Å²) in [5, 5.41) is 2.53. The Hall–Kier alpha value is -1.84. The molecule has 4 nitrogen and oxygen atoms in total. The molecule has 1 aromatic carbocycles. The van der Waals surface area contributed by atoms with Gasteiger partial charge < -0.3 is 10.1 Å². The molecule has 0 fully saturated rings. The number of hydrogen-bond acceptors (Lipinski definition) is 3. The molecule has 0 radical (unpaired) electrons. The number of carbonyl (C=O) groups excluding carboxylic acids is 2. The summed E-state index contributed by atoms with van der Waals surface area (Å²) in [5.41, 5.74) is 1.61. The highest BCUT2D eigenvalue weighted by Gasteiger charge is 2.07. The summed E-state index contributed by atoms with van der Waals surface area (Å²) in [4.78, 5) is 21.4. The molecule has 1 rings (SSSR count). The normalized spacial score (nSPS) is 9.94. The van der Waals surface area contributed by atoms with Crippen LogP contribution in [0.4, 0.5) is 5.69 Å². The molecule has 16 heavy (non-hydrogen) atoms. The predicted molar refractivity (Wildman–Crippen MR) is 60.8 cm³/mol. The van der Waals surface area contributed by atoms with Gasteiger partial charge in [0.15, 0.2) is 0 Å². The molecule has 0 aliphatic heterocycles. The average Bonchev–Trinajstić information content (AvgIpc) is 2.28. The minimum atomic E-state index is -0.213. The van der Waals surface area contributed by atoms with Crippen molar-refractivity contribution in [3.63, 3.8) is 0 Å². The van der Waals surface area contributed by atoms with E-state index in [1.54, 1.807) is 38.1 Å². The maximum absolute atomic E-state index is 11.2. The van der Waals surface area contributed by atoms with Gasteiger partial charge in [0.05, 0.1) is 5.92 Å². The first-order chi connectivity index (χ1) is 7.63. The third-order valence-electron chi connectivity index (χ3n) is 2.03. The van der Waals surface area contributed by atoms with Gasteiger partial charge in [0.1, 0.15) is 6.61 Å². The second kappa shape index (κ2) is 5.90. The molecule has 0 unspecified atom stereocenters. The highest BCUT2D eigenvalue weighted by molar-refractivity contribution is 5.72. The third-order valence-corrected chi connectivity index (χ3v) is 2.03. The molecule has 0 bridgehead atoms. The fourth-order valence-electron chi connectivity index (χ4n) is 1.09. The van der Waals surface area contributed by atoms with Crippen molar-refractivity contribution < 1.29 is 14.3 Å². The first-order valence-electron chi connectivity index (χ1n) is 5.09. The number of anilines is 1. The summed E-state index contributed by atoms with van der Waals surface area (Å²) in [6.07, 6.45) is 0.619. The summed E-state index contributed by atoms with van der Waals surface area (Å²) in [5.74, 6) is -0.328. The van der Waals surface area contributed by atoms with Crippen LogP contribution in [0.3, 0.4) is 0 Å². The summed E-state index contributed by atoms with van der Waals surface area (Å²) in [7, 11) is 0. The van der Waals surface area contributed by atoms with Crippen LogP contribution >= 0.6 is 0 Å². The van der Waals surface area contributed by atoms with E-state index >= 15 is 0 Å². The fraction of sp³-hybridized carbons (Fsp3) is 0.333. The van der Waals surface area contributed by atoms with Gasteiger partial charge in [-0.3, -0.25) is 9.59 Å². The van der Waals surface area contributed by atoms with Crippen LogP contribution in [-0.2, 0) is 20.9 Å². The van der Waals surface area contributed by atoms with Crippen LogP contribution in [0.2, 0.25) is 0 Å². The molecular weight excluding hydrogens is 206 g/mol. The largest absolute Gasteiger partial charge is 0.461 e. The van der Waals surface area contributed by atoms with E-state index in [4.69, 9.17) is 4.74 Å². The molecule has 1 N–H and O–H groups in total. The Labute approximate surface area is 94.6 Å². The Morgan fingerprint density at radius 2 is 2.00 bits per heavy atom. The van der Waals surface area contributed by atoms with Gasteiger partial charge in [0.2, 0.25) is 6.41 Å². The van der Waals surface area contributed by atoms with Gasteiger partial charge in [-0.05, 0) is 17.7 Å². The lowest BCUT2D eigenvalue weighted by Gasteiger charge is -2.07. The molecule has 4 heteroatoms. The quantitative estimate of drug-likeness (QED) is 0.610. The van der Waals surface area contributed by atoms with E-state index in [0.29, 0.717) is 12.1 Å². The Bertz CT molecular complexity index is 357. The van der Waals surface area contributed by atoms with Crippen molar-refractivity contribution >= 4 is 18.1 Å². The van der Waals surface area contributed by atoms with Crippen LogP contribution in [-0.4, -0.2) is 12.4 Å². The van der Waals surface area contributed by atoms with E-state index in [1.807, 2.05) is 0 Å². The first-order valence-corrected chi connectivity index (χ1v) is 5.09. The predicted octanol–water partition coefficient (Wildman–Crippen LogP) is 1.95. The number of rotatable bonds is 5. The standard InChI is InChI=1S/C12H15NO3/c1-9(2)12(15)16-7-10-3-5-11(6-4-10)13-8-14/h3-6,8-9H,7H2,1-2H3,(H,13,14). The molecule has 0 saturated heterocycles. The molecule has 86 valence electrons. The summed E-state index contributed by atoms with van der Waals surface area (Å²) in [6, 6.07) is 7.12. The van der Waals surface area contributed by atoms with Crippen LogP contribution in [0.25, 0.3) is 0 Å². The topological polar surface area (TPSA) is 55.4 Å². The third kappa shape index (κ3) is 3.73. The maximum atomic E-state index is 11.2. The zero-order chi connectivity index (χ0) is 12.0. The highest BCUT2D eigenvalue weighted by Crippen LogP contribution is 2.10. The van der Waals surface area contributed by atoms with Crippen LogP contribution in [0.5, 0.6) is 0 Å². The van der Waals surface area contributed by atoms with Gasteiger partial charge in [-0.25, -0.2) is 0 Å². The van der Waals surface area contributed by atoms with Crippen molar-refractivity contribution in [2.24, 2.45) is 5.92 Å². The van der Waals surface area contributed by atoms with Crippen molar-refractivity contribution in [2.75, 3.05) is 5.32 Å². The van der Waals surface area contributed by atoms with Crippen molar-refractivity contribution in [2.45, 2.75) is 20.5 Å². The van der Waals surface area contributed by atoms with Gasteiger partial charge in [-0.2, -0.15) is 0 Å². The van der Waals surface area contributed by atoms with Crippen LogP contribution in [0.1, 0.15) is 19.4 Å². The first kappa shape index (κ1) is 12.2. The van der Waals surface area contributed by atoms with Crippen LogP contribution < -0.4 is 5.32 Å². The number of carbonyl (C=O) groups is 2. The van der Waals surface area contributed by atoms with Gasteiger partial charge in [-0.1, -0.05) is 26.0 Å². The van der Waals surface area contributed by atoms with Crippen molar-refractivity contribution in [1.82, 2.24) is 0 Å². The molecule has 0 aliphatic carbocycles. The number of esters is 1. The minimum Gasteiger partial charge on any atom is -0.461 e. The molecule has 0 aliphatic rings. The Morgan fingerprint density at radius 3 is 2.50 bits per heavy atom. The van der Waals surface area contributed by atoms with Gasteiger partial charge in [0.25, 0.3) is 0 Å². The highest BCUT2D eigenvalue weighted by atomic mass is 16.5. The molecule has 0 spiro atoms. The lowest BCUT2D eigenvalue weighted by atomic mass is 10.2. The average molecular weight is 221 g/mol. The molecule has 1 amide bonds. The fourth-order valence-corrected chi connectivity index (χ4v) is 1.09. The molecule has 0 atom stereocenters. The lowest BCUT2D eigenvalue weighted by Crippen LogP contribution is -2.11. The van der Waals surface area contributed by atoms with Gasteiger partial charge in [-0.15, -0.1) is 0 Å². The van der Waals surface area contributed by atoms with Gasteiger partial charge in [0, 0.05) is 5.69 Å². The van der Waals surface area contributed by atoms with Crippen molar-refractivity contribution in [3.8, 4) is 0 Å². The van der Waals surface area contributed by atoms with E-state index in [1.165, 1.54) is 0 Å². The molecule has 0 saturated carbocycles. The molecular formula is C12H15NO3. The number of nitrogens with one attached hydrogen (secondary N) is 1. The molecule has 0 heterocycles. The maximum Gasteiger partial charge on any atom is 0.308 e. The SMILES string of the molecule is CC(C)C(=O)OCc1ccc(NC=O)cc1. The minimum absolute atomic E-state index is 0.115. The monoisotopic (exact) mass is 221 g/mol.